The minimum Gasteiger partial charge on any atom is -0.379 e. The molecule has 4 nitrogen and oxygen atoms in total. The van der Waals surface area contributed by atoms with Gasteiger partial charge in [-0.3, -0.25) is 0 Å². The zero-order valence-corrected chi connectivity index (χ0v) is 19.7. The van der Waals surface area contributed by atoms with Crippen LogP contribution >= 0.6 is 0 Å². The van der Waals surface area contributed by atoms with Gasteiger partial charge < -0.3 is 19.4 Å². The summed E-state index contributed by atoms with van der Waals surface area (Å²) in [5.41, 5.74) is 5.81. The largest absolute Gasteiger partial charge is 0.379 e. The normalized spacial score (nSPS) is 17.2. The Morgan fingerprint density at radius 3 is 1.63 bits per heavy atom. The molecule has 0 aromatic heterocycles. The predicted octanol–water partition coefficient (Wildman–Crippen LogP) is 4.72. The van der Waals surface area contributed by atoms with Gasteiger partial charge in [-0.05, 0) is 49.6 Å². The summed E-state index contributed by atoms with van der Waals surface area (Å²) >= 11 is 0. The topological polar surface area (TPSA) is 19.0 Å². The van der Waals surface area contributed by atoms with Crippen molar-refractivity contribution in [3.8, 4) is 0 Å². The highest BCUT2D eigenvalue weighted by Gasteiger charge is 2.13. The second-order valence-corrected chi connectivity index (χ2v) is 7.87. The van der Waals surface area contributed by atoms with Crippen LogP contribution in [-0.2, 0) is 17.6 Å². The molecule has 0 bridgehead atoms. The number of para-hydroxylation sites is 2. The quantitative estimate of drug-likeness (QED) is 0.624. The van der Waals surface area contributed by atoms with Gasteiger partial charge in [-0.2, -0.15) is 0 Å². The van der Waals surface area contributed by atoms with Crippen molar-refractivity contribution < 1.29 is 4.74 Å². The van der Waals surface area contributed by atoms with E-state index < -0.39 is 0 Å². The molecule has 3 aliphatic rings. The molecule has 0 radical (unpaired) electrons. The number of benzene rings is 2. The Balaban J connectivity index is 0.000000157. The summed E-state index contributed by atoms with van der Waals surface area (Å²) in [4.78, 5) is 6.90. The van der Waals surface area contributed by atoms with Crippen LogP contribution in [0.2, 0.25) is 0 Å². The lowest BCUT2D eigenvalue weighted by Gasteiger charge is -2.26. The second kappa shape index (κ2) is 13.3. The van der Waals surface area contributed by atoms with Gasteiger partial charge in [-0.25, -0.2) is 0 Å². The molecule has 1 fully saturated rings. The van der Waals surface area contributed by atoms with Crippen LogP contribution in [0.1, 0.15) is 31.4 Å². The molecular formula is C26H41N3O. The molecule has 0 unspecified atom stereocenters. The van der Waals surface area contributed by atoms with E-state index in [-0.39, 0.29) is 0 Å². The zero-order valence-electron chi connectivity index (χ0n) is 19.7. The molecule has 30 heavy (non-hydrogen) atoms. The van der Waals surface area contributed by atoms with E-state index in [4.69, 9.17) is 4.74 Å². The number of rotatable bonds is 0. The molecule has 3 heterocycles. The third kappa shape index (κ3) is 7.33. The van der Waals surface area contributed by atoms with Gasteiger partial charge in [0.1, 0.15) is 0 Å². The zero-order chi connectivity index (χ0) is 21.8. The lowest BCUT2D eigenvalue weighted by molar-refractivity contribution is 0.0503. The van der Waals surface area contributed by atoms with Crippen LogP contribution in [-0.4, -0.2) is 65.4 Å². The van der Waals surface area contributed by atoms with E-state index in [9.17, 15) is 0 Å². The van der Waals surface area contributed by atoms with Gasteiger partial charge in [-0.1, -0.05) is 50.2 Å². The Labute approximate surface area is 184 Å². The fourth-order valence-electron chi connectivity index (χ4n) is 3.88. The minimum absolute atomic E-state index is 0.913. The minimum atomic E-state index is 0.913. The third-order valence-corrected chi connectivity index (χ3v) is 5.70. The van der Waals surface area contributed by atoms with Gasteiger partial charge in [-0.15, -0.1) is 0 Å². The summed E-state index contributed by atoms with van der Waals surface area (Å²) in [5, 5.41) is 0. The first-order chi connectivity index (χ1) is 14.6. The van der Waals surface area contributed by atoms with Gasteiger partial charge in [0.05, 0.1) is 13.2 Å². The summed E-state index contributed by atoms with van der Waals surface area (Å²) < 4.78 is 5.10. The highest BCUT2D eigenvalue weighted by molar-refractivity contribution is 5.57. The standard InChI is InChI=1S/C10H13N.C9H11N.C5H11NO.C2H6/c1-11-8-4-6-9-5-2-3-7-10(9)11;1-10-7-6-8-4-2-3-5-9(8)10;1-6-2-4-7-5-3-6;1-2/h2-3,5,7H,4,6,8H2,1H3;2-5H,6-7H2,1H3;2-5H2,1H3;1-2H3. The smallest absolute Gasteiger partial charge is 0.0594 e. The van der Waals surface area contributed by atoms with E-state index in [0.29, 0.717) is 0 Å². The van der Waals surface area contributed by atoms with Crippen molar-refractivity contribution in [2.75, 3.05) is 70.3 Å². The Morgan fingerprint density at radius 1 is 0.633 bits per heavy atom. The summed E-state index contributed by atoms with van der Waals surface area (Å²) in [6.45, 7) is 10.4. The first-order valence-corrected chi connectivity index (χ1v) is 11.5. The molecule has 0 N–H and O–H groups in total. The van der Waals surface area contributed by atoms with Gasteiger partial charge >= 0.3 is 0 Å². The monoisotopic (exact) mass is 411 g/mol. The Hall–Kier alpha value is -2.04. The number of hydrogen-bond acceptors (Lipinski definition) is 4. The van der Waals surface area contributed by atoms with E-state index in [0.717, 1.165) is 26.3 Å². The fourth-order valence-corrected chi connectivity index (χ4v) is 3.88. The van der Waals surface area contributed by atoms with Crippen molar-refractivity contribution in [1.29, 1.82) is 0 Å². The van der Waals surface area contributed by atoms with E-state index >= 15 is 0 Å². The number of fused-ring (bicyclic) bond motifs is 2. The summed E-state index contributed by atoms with van der Waals surface area (Å²) in [7, 11) is 6.42. The van der Waals surface area contributed by atoms with Crippen LogP contribution < -0.4 is 9.80 Å². The van der Waals surface area contributed by atoms with Crippen LogP contribution in [0.3, 0.4) is 0 Å². The molecule has 3 aliphatic heterocycles. The van der Waals surface area contributed by atoms with Gasteiger partial charge in [0.25, 0.3) is 0 Å². The van der Waals surface area contributed by atoms with E-state index in [1.165, 1.54) is 54.9 Å². The number of likely N-dealkylation sites (N-methyl/N-ethyl adjacent to an activating group) is 2. The molecule has 0 saturated carbocycles. The Bertz CT molecular complexity index is 728. The molecule has 0 atom stereocenters. The maximum absolute atomic E-state index is 5.10. The van der Waals surface area contributed by atoms with Crippen LogP contribution in [0.25, 0.3) is 0 Å². The number of hydrogen-bond donors (Lipinski definition) is 0. The molecular weight excluding hydrogens is 370 g/mol. The Morgan fingerprint density at radius 2 is 1.13 bits per heavy atom. The van der Waals surface area contributed by atoms with Crippen molar-refractivity contribution in [2.24, 2.45) is 0 Å². The van der Waals surface area contributed by atoms with Crippen LogP contribution in [0, 0.1) is 0 Å². The summed E-state index contributed by atoms with van der Waals surface area (Å²) in [6.07, 6.45) is 3.76. The predicted molar refractivity (Wildman–Crippen MR) is 131 cm³/mol. The summed E-state index contributed by atoms with van der Waals surface area (Å²) in [5.74, 6) is 0. The molecule has 2 aromatic rings. The molecule has 4 heteroatoms. The third-order valence-electron chi connectivity index (χ3n) is 5.70. The maximum Gasteiger partial charge on any atom is 0.0594 e. The lowest BCUT2D eigenvalue weighted by Crippen LogP contribution is -2.32. The van der Waals surface area contributed by atoms with Gasteiger partial charge in [0.15, 0.2) is 0 Å². The van der Waals surface area contributed by atoms with Crippen molar-refractivity contribution in [3.63, 3.8) is 0 Å². The van der Waals surface area contributed by atoms with Gasteiger partial charge in [0, 0.05) is 51.6 Å². The second-order valence-electron chi connectivity index (χ2n) is 7.87. The molecule has 0 aliphatic carbocycles. The van der Waals surface area contributed by atoms with E-state index in [1.807, 2.05) is 13.8 Å². The SMILES string of the molecule is CC.CN1CCCc2ccccc21.CN1CCOCC1.CN1CCc2ccccc21. The molecule has 0 amide bonds. The van der Waals surface area contributed by atoms with Crippen LogP contribution in [0.5, 0.6) is 0 Å². The van der Waals surface area contributed by atoms with E-state index in [2.05, 4.69) is 84.4 Å². The number of morpholine rings is 1. The highest BCUT2D eigenvalue weighted by Crippen LogP contribution is 2.25. The molecule has 1 saturated heterocycles. The van der Waals surface area contributed by atoms with Crippen LogP contribution in [0.15, 0.2) is 48.5 Å². The first-order valence-electron chi connectivity index (χ1n) is 11.5. The van der Waals surface area contributed by atoms with Crippen molar-refractivity contribution in [2.45, 2.75) is 33.1 Å². The molecule has 5 rings (SSSR count). The average Bonchev–Trinajstić information content (AvgIpc) is 3.18. The molecule has 0 spiro atoms. The first kappa shape index (κ1) is 24.2. The number of nitrogens with zero attached hydrogens (tertiary/aromatic N) is 3. The maximum atomic E-state index is 5.10. The van der Waals surface area contributed by atoms with Crippen molar-refractivity contribution in [1.82, 2.24) is 4.90 Å². The van der Waals surface area contributed by atoms with Crippen LogP contribution in [0.4, 0.5) is 11.4 Å². The van der Waals surface area contributed by atoms with Gasteiger partial charge in [0.2, 0.25) is 0 Å². The Kier molecular flexibility index (Phi) is 10.7. The highest BCUT2D eigenvalue weighted by atomic mass is 16.5. The summed E-state index contributed by atoms with van der Waals surface area (Å²) in [6, 6.07) is 17.3. The molecule has 166 valence electrons. The number of ether oxygens (including phenoxy) is 1. The van der Waals surface area contributed by atoms with E-state index in [1.54, 1.807) is 0 Å². The lowest BCUT2D eigenvalue weighted by atomic mass is 10.0. The average molecular weight is 412 g/mol. The number of aryl methyl sites for hydroxylation is 1. The van der Waals surface area contributed by atoms with Crippen molar-refractivity contribution >= 4 is 11.4 Å². The fraction of sp³-hybridized carbons (Fsp3) is 0.538. The number of anilines is 2. The van der Waals surface area contributed by atoms with Crippen molar-refractivity contribution in [3.05, 3.63) is 59.7 Å². The molecule has 2 aromatic carbocycles.